The number of aromatic nitrogens is 6. The summed E-state index contributed by atoms with van der Waals surface area (Å²) in [6, 6.07) is 12.5. The standard InChI is InChI=1S/C29H35N9O2/c1-18-27(19(2)38-29(30-18)31-20(3)34-38)40-25-12-13-37(17-25)24-9-6-21(7-10-24)26-11-8-23(32-33-26)16-36-14-22(15-36)28(39)35(4)5/h6-11,22,25H,12-17H2,1-5H3. The van der Waals surface area contributed by atoms with Crippen molar-refractivity contribution in [2.45, 2.75) is 39.8 Å². The topological polar surface area (TPSA) is 105 Å². The number of amides is 1. The molecule has 2 saturated heterocycles. The Labute approximate surface area is 233 Å². The van der Waals surface area contributed by atoms with Gasteiger partial charge in [-0.15, -0.1) is 5.10 Å². The van der Waals surface area contributed by atoms with E-state index in [0.717, 1.165) is 72.4 Å². The molecule has 40 heavy (non-hydrogen) atoms. The number of hydrogen-bond acceptors (Lipinski definition) is 9. The Balaban J connectivity index is 1.05. The molecule has 11 heteroatoms. The predicted octanol–water partition coefficient (Wildman–Crippen LogP) is 2.68. The number of anilines is 1. The molecule has 4 aromatic rings. The minimum absolute atomic E-state index is 0.0713. The number of aryl methyl sites for hydroxylation is 3. The maximum atomic E-state index is 12.0. The number of rotatable bonds is 7. The van der Waals surface area contributed by atoms with Gasteiger partial charge in [0.15, 0.2) is 5.75 Å². The number of fused-ring (bicyclic) bond motifs is 1. The van der Waals surface area contributed by atoms with E-state index in [9.17, 15) is 4.79 Å². The molecule has 1 amide bonds. The molecule has 5 heterocycles. The first-order chi connectivity index (χ1) is 19.2. The van der Waals surface area contributed by atoms with Crippen molar-refractivity contribution in [1.29, 1.82) is 0 Å². The van der Waals surface area contributed by atoms with Crippen LogP contribution >= 0.6 is 0 Å². The minimum Gasteiger partial charge on any atom is -0.485 e. The zero-order valence-corrected chi connectivity index (χ0v) is 23.7. The smallest absolute Gasteiger partial charge is 0.253 e. The molecule has 3 aromatic heterocycles. The number of likely N-dealkylation sites (tertiary alicyclic amines) is 1. The lowest BCUT2D eigenvalue weighted by atomic mass is 9.98. The molecule has 1 atom stereocenters. The molecule has 6 rings (SSSR count). The van der Waals surface area contributed by atoms with Crippen LogP contribution in [0.2, 0.25) is 0 Å². The third kappa shape index (κ3) is 5.08. The Morgan fingerprint density at radius 2 is 1.77 bits per heavy atom. The molecule has 2 aliphatic heterocycles. The van der Waals surface area contributed by atoms with Gasteiger partial charge in [0, 0.05) is 57.9 Å². The van der Waals surface area contributed by atoms with E-state index in [0.29, 0.717) is 18.1 Å². The van der Waals surface area contributed by atoms with Crippen LogP contribution in [0.25, 0.3) is 17.0 Å². The highest BCUT2D eigenvalue weighted by molar-refractivity contribution is 5.79. The summed E-state index contributed by atoms with van der Waals surface area (Å²) in [5.41, 5.74) is 5.71. The van der Waals surface area contributed by atoms with E-state index in [1.165, 1.54) is 0 Å². The summed E-state index contributed by atoms with van der Waals surface area (Å²) in [5.74, 6) is 2.38. The molecule has 2 fully saturated rings. The maximum absolute atomic E-state index is 12.0. The summed E-state index contributed by atoms with van der Waals surface area (Å²) >= 11 is 0. The van der Waals surface area contributed by atoms with Crippen LogP contribution in [0.1, 0.15) is 29.3 Å². The summed E-state index contributed by atoms with van der Waals surface area (Å²) in [4.78, 5) is 27.2. The zero-order valence-electron chi connectivity index (χ0n) is 23.7. The number of nitrogens with zero attached hydrogens (tertiary/aromatic N) is 9. The molecule has 0 bridgehead atoms. The summed E-state index contributed by atoms with van der Waals surface area (Å²) in [7, 11) is 3.61. The van der Waals surface area contributed by atoms with E-state index in [4.69, 9.17) is 4.74 Å². The molecule has 0 radical (unpaired) electrons. The van der Waals surface area contributed by atoms with Crippen molar-refractivity contribution in [3.63, 3.8) is 0 Å². The number of hydrogen-bond donors (Lipinski definition) is 0. The Kier molecular flexibility index (Phi) is 6.83. The van der Waals surface area contributed by atoms with E-state index < -0.39 is 0 Å². The third-order valence-corrected chi connectivity index (χ3v) is 7.75. The highest BCUT2D eigenvalue weighted by atomic mass is 16.5. The second-order valence-corrected chi connectivity index (χ2v) is 11.0. The van der Waals surface area contributed by atoms with Gasteiger partial charge in [-0.3, -0.25) is 9.69 Å². The van der Waals surface area contributed by atoms with Gasteiger partial charge in [0.2, 0.25) is 5.91 Å². The average molecular weight is 542 g/mol. The molecule has 0 saturated carbocycles. The Morgan fingerprint density at radius 1 is 1.00 bits per heavy atom. The molecule has 1 aromatic carbocycles. The lowest BCUT2D eigenvalue weighted by Gasteiger charge is -2.38. The van der Waals surface area contributed by atoms with Crippen molar-refractivity contribution in [2.24, 2.45) is 5.92 Å². The van der Waals surface area contributed by atoms with Crippen LogP contribution in [-0.2, 0) is 11.3 Å². The third-order valence-electron chi connectivity index (χ3n) is 7.75. The van der Waals surface area contributed by atoms with Gasteiger partial charge in [-0.25, -0.2) is 4.98 Å². The molecule has 0 N–H and O–H groups in total. The fourth-order valence-corrected chi connectivity index (χ4v) is 5.55. The van der Waals surface area contributed by atoms with Crippen molar-refractivity contribution in [2.75, 3.05) is 45.2 Å². The fourth-order valence-electron chi connectivity index (χ4n) is 5.55. The number of ether oxygens (including phenoxy) is 1. The normalized spacial score (nSPS) is 17.8. The Hall–Kier alpha value is -4.12. The lowest BCUT2D eigenvalue weighted by molar-refractivity contribution is -0.138. The van der Waals surface area contributed by atoms with Gasteiger partial charge in [-0.2, -0.15) is 19.7 Å². The predicted molar refractivity (Wildman–Crippen MR) is 151 cm³/mol. The zero-order chi connectivity index (χ0) is 28.0. The van der Waals surface area contributed by atoms with Crippen molar-refractivity contribution in [1.82, 2.24) is 39.6 Å². The van der Waals surface area contributed by atoms with E-state index in [1.807, 2.05) is 32.9 Å². The van der Waals surface area contributed by atoms with Crippen LogP contribution in [0.4, 0.5) is 5.69 Å². The van der Waals surface area contributed by atoms with Crippen molar-refractivity contribution in [3.05, 3.63) is 59.3 Å². The van der Waals surface area contributed by atoms with E-state index in [1.54, 1.807) is 23.5 Å². The van der Waals surface area contributed by atoms with Gasteiger partial charge in [-0.05, 0) is 45.0 Å². The summed E-state index contributed by atoms with van der Waals surface area (Å²) in [6.45, 7) is 9.82. The van der Waals surface area contributed by atoms with Gasteiger partial charge in [0.05, 0.1) is 35.2 Å². The van der Waals surface area contributed by atoms with Gasteiger partial charge in [-0.1, -0.05) is 12.1 Å². The molecular weight excluding hydrogens is 506 g/mol. The van der Waals surface area contributed by atoms with Crippen LogP contribution < -0.4 is 9.64 Å². The van der Waals surface area contributed by atoms with Crippen molar-refractivity contribution < 1.29 is 9.53 Å². The van der Waals surface area contributed by atoms with Gasteiger partial charge in [0.1, 0.15) is 11.9 Å². The number of carbonyl (C=O) groups excluding carboxylic acids is 1. The van der Waals surface area contributed by atoms with Crippen LogP contribution in [0.3, 0.4) is 0 Å². The summed E-state index contributed by atoms with van der Waals surface area (Å²) in [5, 5.41) is 13.4. The maximum Gasteiger partial charge on any atom is 0.253 e. The molecule has 208 valence electrons. The molecule has 11 nitrogen and oxygen atoms in total. The average Bonchev–Trinajstić information content (AvgIpc) is 3.54. The minimum atomic E-state index is 0.0713. The second kappa shape index (κ2) is 10.5. The molecule has 1 unspecified atom stereocenters. The fraction of sp³-hybridized carbons (Fsp3) is 0.448. The van der Waals surface area contributed by atoms with E-state index >= 15 is 0 Å². The van der Waals surface area contributed by atoms with Gasteiger partial charge in [0.25, 0.3) is 5.78 Å². The molecular formula is C29H35N9O2. The lowest BCUT2D eigenvalue weighted by Crippen LogP contribution is -2.52. The van der Waals surface area contributed by atoms with Crippen LogP contribution in [0.5, 0.6) is 5.75 Å². The highest BCUT2D eigenvalue weighted by Crippen LogP contribution is 2.29. The number of carbonyl (C=O) groups is 1. The first-order valence-corrected chi connectivity index (χ1v) is 13.7. The van der Waals surface area contributed by atoms with E-state index in [2.05, 4.69) is 59.3 Å². The number of benzene rings is 1. The van der Waals surface area contributed by atoms with Gasteiger partial charge >= 0.3 is 0 Å². The Bertz CT molecular complexity index is 1530. The SMILES string of the molecule is Cc1nc2nc(C)c(OC3CCN(c4ccc(-c5ccc(CN6CC(C(=O)N(C)C)C6)nn5)cc4)C3)c(C)n2n1. The Morgan fingerprint density at radius 3 is 2.48 bits per heavy atom. The van der Waals surface area contributed by atoms with Crippen LogP contribution in [0.15, 0.2) is 36.4 Å². The first kappa shape index (κ1) is 26.1. The monoisotopic (exact) mass is 541 g/mol. The summed E-state index contributed by atoms with van der Waals surface area (Å²) in [6.07, 6.45) is 1.00. The van der Waals surface area contributed by atoms with Crippen LogP contribution in [0, 0.1) is 26.7 Å². The largest absolute Gasteiger partial charge is 0.485 e. The molecule has 2 aliphatic rings. The van der Waals surface area contributed by atoms with Gasteiger partial charge < -0.3 is 14.5 Å². The first-order valence-electron chi connectivity index (χ1n) is 13.7. The molecule has 0 spiro atoms. The van der Waals surface area contributed by atoms with Crippen molar-refractivity contribution >= 4 is 17.4 Å². The van der Waals surface area contributed by atoms with Crippen molar-refractivity contribution in [3.8, 4) is 17.0 Å². The van der Waals surface area contributed by atoms with E-state index in [-0.39, 0.29) is 17.9 Å². The summed E-state index contributed by atoms with van der Waals surface area (Å²) < 4.78 is 8.20. The quantitative estimate of drug-likeness (QED) is 0.349. The molecule has 0 aliphatic carbocycles. The second-order valence-electron chi connectivity index (χ2n) is 11.0. The highest BCUT2D eigenvalue weighted by Gasteiger charge is 2.33. The van der Waals surface area contributed by atoms with Crippen LogP contribution in [-0.4, -0.2) is 91.9 Å².